The van der Waals surface area contributed by atoms with E-state index in [4.69, 9.17) is 4.98 Å². The van der Waals surface area contributed by atoms with E-state index in [-0.39, 0.29) is 24.0 Å². The molecule has 2 aromatic carbocycles. The third kappa shape index (κ3) is 4.26. The number of pyridine rings is 1. The van der Waals surface area contributed by atoms with Gasteiger partial charge in [0, 0.05) is 22.8 Å². The Morgan fingerprint density at radius 3 is 1.93 bits per heavy atom. The summed E-state index contributed by atoms with van der Waals surface area (Å²) >= 11 is 1.29. The van der Waals surface area contributed by atoms with Crippen LogP contribution in [0, 0.1) is 11.6 Å². The number of aromatic nitrogens is 2. The van der Waals surface area contributed by atoms with Crippen LogP contribution in [-0.4, -0.2) is 21.0 Å². The van der Waals surface area contributed by atoms with Gasteiger partial charge in [0.05, 0.1) is 18.0 Å². The van der Waals surface area contributed by atoms with Crippen molar-refractivity contribution in [2.75, 3.05) is 0 Å². The number of carbonyl (C=O) groups is 1. The van der Waals surface area contributed by atoms with Crippen molar-refractivity contribution in [1.29, 1.82) is 0 Å². The molecular formula is C23H16F2N2O2S. The molecule has 0 spiro atoms. The lowest BCUT2D eigenvalue weighted by Crippen LogP contribution is -2.03. The lowest BCUT2D eigenvalue weighted by molar-refractivity contribution is -0.136. The fourth-order valence-electron chi connectivity index (χ4n) is 3.27. The maximum atomic E-state index is 13.5. The molecular weight excluding hydrogens is 406 g/mol. The highest BCUT2D eigenvalue weighted by Crippen LogP contribution is 2.38. The Balaban J connectivity index is 1.88. The SMILES string of the molecule is O=C(O)Cc1sc(C(c2ccc(F)cc2)c2ccc(F)cc2)nc1-c1ccncc1. The summed E-state index contributed by atoms with van der Waals surface area (Å²) in [5, 5.41) is 10.0. The molecule has 4 aromatic rings. The predicted octanol–water partition coefficient (Wildman–Crippen LogP) is 5.29. The third-order valence-corrected chi connectivity index (χ3v) is 5.75. The van der Waals surface area contributed by atoms with Crippen molar-refractivity contribution in [1.82, 2.24) is 9.97 Å². The van der Waals surface area contributed by atoms with E-state index in [1.165, 1.54) is 35.6 Å². The minimum absolute atomic E-state index is 0.172. The zero-order chi connectivity index (χ0) is 21.1. The second kappa shape index (κ2) is 8.51. The third-order valence-electron chi connectivity index (χ3n) is 4.63. The molecule has 0 aliphatic rings. The van der Waals surface area contributed by atoms with Crippen LogP contribution in [0.5, 0.6) is 0 Å². The molecule has 7 heteroatoms. The van der Waals surface area contributed by atoms with E-state index in [1.807, 2.05) is 0 Å². The van der Waals surface area contributed by atoms with Gasteiger partial charge in [0.2, 0.25) is 0 Å². The van der Waals surface area contributed by atoms with E-state index in [1.54, 1.807) is 48.8 Å². The second-order valence-electron chi connectivity index (χ2n) is 6.67. The number of hydrogen-bond donors (Lipinski definition) is 1. The topological polar surface area (TPSA) is 63.1 Å². The van der Waals surface area contributed by atoms with Crippen molar-refractivity contribution >= 4 is 17.3 Å². The van der Waals surface area contributed by atoms with Crippen LogP contribution in [0.2, 0.25) is 0 Å². The molecule has 4 rings (SSSR count). The fraction of sp³-hybridized carbons (Fsp3) is 0.0870. The van der Waals surface area contributed by atoms with Crippen LogP contribution in [0.4, 0.5) is 8.78 Å². The number of thiazole rings is 1. The number of benzene rings is 2. The predicted molar refractivity (Wildman–Crippen MR) is 110 cm³/mol. The molecule has 2 aromatic heterocycles. The molecule has 30 heavy (non-hydrogen) atoms. The first-order chi connectivity index (χ1) is 14.5. The molecule has 0 unspecified atom stereocenters. The number of carboxylic acid groups (broad SMARTS) is 1. The van der Waals surface area contributed by atoms with Crippen LogP contribution >= 0.6 is 11.3 Å². The van der Waals surface area contributed by atoms with Crippen molar-refractivity contribution in [3.63, 3.8) is 0 Å². The highest BCUT2D eigenvalue weighted by Gasteiger charge is 2.24. The number of rotatable bonds is 6. The molecule has 0 aliphatic heterocycles. The van der Waals surface area contributed by atoms with E-state index >= 15 is 0 Å². The van der Waals surface area contributed by atoms with Gasteiger partial charge in [-0.1, -0.05) is 24.3 Å². The van der Waals surface area contributed by atoms with Crippen LogP contribution in [0.25, 0.3) is 11.3 Å². The van der Waals surface area contributed by atoms with Crippen molar-refractivity contribution in [2.45, 2.75) is 12.3 Å². The van der Waals surface area contributed by atoms with Gasteiger partial charge >= 0.3 is 5.97 Å². The highest BCUT2D eigenvalue weighted by atomic mass is 32.1. The summed E-state index contributed by atoms with van der Waals surface area (Å²) in [6.07, 6.45) is 3.07. The number of nitrogens with zero attached hydrogens (tertiary/aromatic N) is 2. The van der Waals surface area contributed by atoms with Crippen LogP contribution in [0.3, 0.4) is 0 Å². The maximum Gasteiger partial charge on any atom is 0.308 e. The quantitative estimate of drug-likeness (QED) is 0.459. The van der Waals surface area contributed by atoms with Crippen molar-refractivity contribution in [2.24, 2.45) is 0 Å². The molecule has 4 nitrogen and oxygen atoms in total. The Labute approximate surface area is 175 Å². The molecule has 0 saturated carbocycles. The average Bonchev–Trinajstić information content (AvgIpc) is 3.14. The van der Waals surface area contributed by atoms with Gasteiger partial charge in [-0.05, 0) is 47.5 Å². The molecule has 0 aliphatic carbocycles. The maximum absolute atomic E-state index is 13.5. The Morgan fingerprint density at radius 1 is 0.900 bits per heavy atom. The van der Waals surface area contributed by atoms with Gasteiger partial charge in [0.25, 0.3) is 0 Å². The van der Waals surface area contributed by atoms with Crippen molar-refractivity contribution < 1.29 is 18.7 Å². The van der Waals surface area contributed by atoms with Crippen LogP contribution in [-0.2, 0) is 11.2 Å². The molecule has 0 radical (unpaired) electrons. The standard InChI is InChI=1S/C23H16F2N2O2S/c24-17-5-1-14(2-6-17)21(15-3-7-18(25)8-4-15)23-27-22(16-9-11-26-12-10-16)19(30-23)13-20(28)29/h1-12,21H,13H2,(H,28,29). The minimum atomic E-state index is -0.958. The van der Waals surface area contributed by atoms with E-state index in [2.05, 4.69) is 4.98 Å². The molecule has 0 fully saturated rings. The summed E-state index contributed by atoms with van der Waals surface area (Å²) in [6, 6.07) is 15.6. The summed E-state index contributed by atoms with van der Waals surface area (Å²) in [6.45, 7) is 0. The van der Waals surface area contributed by atoms with Crippen molar-refractivity contribution in [3.8, 4) is 11.3 Å². The summed E-state index contributed by atoms with van der Waals surface area (Å²) < 4.78 is 27.0. The zero-order valence-electron chi connectivity index (χ0n) is 15.6. The fourth-order valence-corrected chi connectivity index (χ4v) is 4.51. The zero-order valence-corrected chi connectivity index (χ0v) is 16.4. The number of aliphatic carboxylic acids is 1. The number of hydrogen-bond acceptors (Lipinski definition) is 4. The Kier molecular flexibility index (Phi) is 5.63. The number of carboxylic acids is 1. The molecule has 2 heterocycles. The molecule has 0 amide bonds. The summed E-state index contributed by atoms with van der Waals surface area (Å²) in [5.74, 6) is -2.07. The normalized spacial score (nSPS) is 11.0. The van der Waals surface area contributed by atoms with Crippen LogP contribution in [0.1, 0.15) is 26.9 Å². The van der Waals surface area contributed by atoms with E-state index in [0.29, 0.717) is 15.6 Å². The largest absolute Gasteiger partial charge is 0.481 e. The molecule has 0 bridgehead atoms. The second-order valence-corrected chi connectivity index (χ2v) is 7.78. The highest BCUT2D eigenvalue weighted by molar-refractivity contribution is 7.12. The average molecular weight is 422 g/mol. The van der Waals surface area contributed by atoms with Gasteiger partial charge in [-0.25, -0.2) is 13.8 Å². The first-order valence-electron chi connectivity index (χ1n) is 9.14. The lowest BCUT2D eigenvalue weighted by atomic mass is 9.92. The lowest BCUT2D eigenvalue weighted by Gasteiger charge is -2.16. The molecule has 0 saturated heterocycles. The van der Waals surface area contributed by atoms with Crippen LogP contribution in [0.15, 0.2) is 73.1 Å². The van der Waals surface area contributed by atoms with E-state index in [9.17, 15) is 18.7 Å². The Hall–Kier alpha value is -3.45. The molecule has 150 valence electrons. The molecule has 1 N–H and O–H groups in total. The Bertz CT molecular complexity index is 1110. The summed E-state index contributed by atoms with van der Waals surface area (Å²) in [7, 11) is 0. The number of halogens is 2. The van der Waals surface area contributed by atoms with Crippen molar-refractivity contribution in [3.05, 3.63) is 106 Å². The monoisotopic (exact) mass is 422 g/mol. The minimum Gasteiger partial charge on any atom is -0.481 e. The first-order valence-corrected chi connectivity index (χ1v) is 9.95. The van der Waals surface area contributed by atoms with Gasteiger partial charge in [-0.2, -0.15) is 0 Å². The van der Waals surface area contributed by atoms with Gasteiger partial charge in [-0.15, -0.1) is 11.3 Å². The Morgan fingerprint density at radius 2 is 1.43 bits per heavy atom. The molecule has 0 atom stereocenters. The van der Waals surface area contributed by atoms with E-state index in [0.717, 1.165) is 16.7 Å². The summed E-state index contributed by atoms with van der Waals surface area (Å²) in [5.41, 5.74) is 2.90. The summed E-state index contributed by atoms with van der Waals surface area (Å²) in [4.78, 5) is 20.8. The van der Waals surface area contributed by atoms with E-state index < -0.39 is 5.97 Å². The first kappa shape index (κ1) is 19.8. The van der Waals surface area contributed by atoms with Gasteiger partial charge in [-0.3, -0.25) is 9.78 Å². The van der Waals surface area contributed by atoms with Gasteiger partial charge in [0.15, 0.2) is 0 Å². The smallest absolute Gasteiger partial charge is 0.308 e. The van der Waals surface area contributed by atoms with Gasteiger partial charge < -0.3 is 5.11 Å². The van der Waals surface area contributed by atoms with Gasteiger partial charge in [0.1, 0.15) is 16.6 Å². The van der Waals surface area contributed by atoms with Crippen LogP contribution < -0.4 is 0 Å².